The molecule has 0 saturated carbocycles. The number of hydrogen-bond acceptors (Lipinski definition) is 3. The number of esters is 1. The first-order valence-electron chi connectivity index (χ1n) is 4.86. The van der Waals surface area contributed by atoms with E-state index in [9.17, 15) is 9.59 Å². The number of hydrogen-bond donors (Lipinski definition) is 1. The van der Waals surface area contributed by atoms with Gasteiger partial charge in [0, 0.05) is 11.4 Å². The van der Waals surface area contributed by atoms with Crippen molar-refractivity contribution < 1.29 is 14.3 Å². The fraction of sp³-hybridized carbons (Fsp3) is 0.167. The van der Waals surface area contributed by atoms with Gasteiger partial charge in [0.05, 0.1) is 7.11 Å². The lowest BCUT2D eigenvalue weighted by molar-refractivity contribution is -0.137. The fourth-order valence-electron chi connectivity index (χ4n) is 1.21. The van der Waals surface area contributed by atoms with Gasteiger partial charge in [0.15, 0.2) is 0 Å². The Bertz CT molecular complexity index is 469. The Balaban J connectivity index is 3.04. The van der Waals surface area contributed by atoms with E-state index in [4.69, 9.17) is 0 Å². The van der Waals surface area contributed by atoms with Gasteiger partial charge in [-0.3, -0.25) is 4.79 Å². The average molecular weight is 298 g/mol. The lowest BCUT2D eigenvalue weighted by atomic mass is 10.2. The smallest absolute Gasteiger partial charge is 0.354 e. The molecule has 5 heteroatoms. The molecule has 1 aromatic rings. The Morgan fingerprint density at radius 2 is 2.12 bits per heavy atom. The van der Waals surface area contributed by atoms with Gasteiger partial charge in [-0.25, -0.2) is 4.79 Å². The van der Waals surface area contributed by atoms with Crippen LogP contribution in [-0.4, -0.2) is 19.0 Å². The summed E-state index contributed by atoms with van der Waals surface area (Å²) in [6.45, 7) is 1.33. The van der Waals surface area contributed by atoms with Gasteiger partial charge in [0.25, 0.3) is 0 Å². The number of carbonyl (C=O) groups is 2. The molecule has 0 unspecified atom stereocenters. The van der Waals surface area contributed by atoms with Gasteiger partial charge in [0.1, 0.15) is 5.70 Å². The number of rotatable bonds is 3. The largest absolute Gasteiger partial charge is 0.464 e. The minimum Gasteiger partial charge on any atom is -0.464 e. The number of amides is 1. The second-order valence-electron chi connectivity index (χ2n) is 3.29. The zero-order valence-electron chi connectivity index (χ0n) is 9.49. The summed E-state index contributed by atoms with van der Waals surface area (Å²) in [6, 6.07) is 7.34. The van der Waals surface area contributed by atoms with Gasteiger partial charge < -0.3 is 10.1 Å². The second-order valence-corrected chi connectivity index (χ2v) is 4.20. The van der Waals surface area contributed by atoms with E-state index in [1.54, 1.807) is 6.08 Å². The van der Waals surface area contributed by atoms with Crippen molar-refractivity contribution in [3.63, 3.8) is 0 Å². The summed E-state index contributed by atoms with van der Waals surface area (Å²) < 4.78 is 5.47. The molecule has 0 bridgehead atoms. The summed E-state index contributed by atoms with van der Waals surface area (Å²) in [5, 5.41) is 2.43. The van der Waals surface area contributed by atoms with Crippen LogP contribution in [0.4, 0.5) is 0 Å². The molecule has 1 amide bonds. The van der Waals surface area contributed by atoms with Crippen LogP contribution in [0.25, 0.3) is 6.08 Å². The first kappa shape index (κ1) is 13.4. The highest BCUT2D eigenvalue weighted by Crippen LogP contribution is 2.14. The molecule has 0 spiro atoms. The maximum atomic E-state index is 11.4. The third-order valence-corrected chi connectivity index (χ3v) is 2.37. The first-order chi connectivity index (χ1) is 8.02. The first-order valence-corrected chi connectivity index (χ1v) is 5.65. The molecule has 1 N–H and O–H groups in total. The van der Waals surface area contributed by atoms with E-state index in [1.807, 2.05) is 24.3 Å². The molecule has 0 aromatic heterocycles. The monoisotopic (exact) mass is 297 g/mol. The van der Waals surface area contributed by atoms with E-state index < -0.39 is 5.97 Å². The van der Waals surface area contributed by atoms with E-state index in [-0.39, 0.29) is 11.6 Å². The van der Waals surface area contributed by atoms with E-state index in [0.29, 0.717) is 0 Å². The Morgan fingerprint density at radius 1 is 1.41 bits per heavy atom. The standard InChI is InChI=1S/C12H12BrNO3/c1-8(15)14-11(12(16)17-2)7-9-4-3-5-10(13)6-9/h3-7H,1-2H3,(H,14,15). The Morgan fingerprint density at radius 3 is 2.65 bits per heavy atom. The molecule has 1 rings (SSSR count). The molecule has 4 nitrogen and oxygen atoms in total. The van der Waals surface area contributed by atoms with Crippen LogP contribution in [0.15, 0.2) is 34.4 Å². The molecule has 0 radical (unpaired) electrons. The Labute approximate surface area is 108 Å². The molecule has 90 valence electrons. The number of nitrogens with one attached hydrogen (secondary N) is 1. The van der Waals surface area contributed by atoms with Gasteiger partial charge in [0.2, 0.25) is 5.91 Å². The van der Waals surface area contributed by atoms with Crippen LogP contribution in [0.5, 0.6) is 0 Å². The summed E-state index contributed by atoms with van der Waals surface area (Å²) >= 11 is 3.32. The van der Waals surface area contributed by atoms with Crippen molar-refractivity contribution in [2.24, 2.45) is 0 Å². The van der Waals surface area contributed by atoms with Crippen LogP contribution in [0, 0.1) is 0 Å². The SMILES string of the molecule is COC(=O)C(=Cc1cccc(Br)c1)NC(C)=O. The van der Waals surface area contributed by atoms with Crippen LogP contribution in [0.2, 0.25) is 0 Å². The van der Waals surface area contributed by atoms with Crippen LogP contribution in [0.1, 0.15) is 12.5 Å². The van der Waals surface area contributed by atoms with Crippen LogP contribution < -0.4 is 5.32 Å². The maximum absolute atomic E-state index is 11.4. The van der Waals surface area contributed by atoms with Gasteiger partial charge in [-0.15, -0.1) is 0 Å². The maximum Gasteiger partial charge on any atom is 0.354 e. The fourth-order valence-corrected chi connectivity index (χ4v) is 1.63. The highest BCUT2D eigenvalue weighted by molar-refractivity contribution is 9.10. The van der Waals surface area contributed by atoms with Gasteiger partial charge in [-0.2, -0.15) is 0 Å². The second kappa shape index (κ2) is 6.20. The minimum atomic E-state index is -0.583. The zero-order valence-corrected chi connectivity index (χ0v) is 11.1. The molecule has 0 saturated heterocycles. The number of carbonyl (C=O) groups excluding carboxylic acids is 2. The molecule has 0 aliphatic carbocycles. The molecule has 0 aliphatic heterocycles. The lowest BCUT2D eigenvalue weighted by Crippen LogP contribution is -2.25. The third kappa shape index (κ3) is 4.40. The molecular formula is C12H12BrNO3. The van der Waals surface area contributed by atoms with Gasteiger partial charge >= 0.3 is 5.97 Å². The Kier molecular flexibility index (Phi) is 4.90. The van der Waals surface area contributed by atoms with Crippen LogP contribution in [-0.2, 0) is 14.3 Å². The highest BCUT2D eigenvalue weighted by Gasteiger charge is 2.10. The highest BCUT2D eigenvalue weighted by atomic mass is 79.9. The summed E-state index contributed by atoms with van der Waals surface area (Å²) in [7, 11) is 1.26. The van der Waals surface area contributed by atoms with Crippen molar-refractivity contribution in [3.05, 3.63) is 40.0 Å². The normalized spacial score (nSPS) is 10.9. The van der Waals surface area contributed by atoms with Crippen molar-refractivity contribution in [3.8, 4) is 0 Å². The van der Waals surface area contributed by atoms with Gasteiger partial charge in [-0.05, 0) is 23.8 Å². The van der Waals surface area contributed by atoms with Crippen molar-refractivity contribution in [1.82, 2.24) is 5.32 Å². The van der Waals surface area contributed by atoms with Crippen molar-refractivity contribution in [2.45, 2.75) is 6.92 Å². The quantitative estimate of drug-likeness (QED) is 0.687. The predicted molar refractivity (Wildman–Crippen MR) is 68.0 cm³/mol. The molecule has 0 heterocycles. The molecule has 0 atom stereocenters. The van der Waals surface area contributed by atoms with Crippen LogP contribution in [0.3, 0.4) is 0 Å². The summed E-state index contributed by atoms with van der Waals surface area (Å²) in [5.74, 6) is -0.906. The predicted octanol–water partition coefficient (Wildman–Crippen LogP) is 2.10. The minimum absolute atomic E-state index is 0.109. The number of ether oxygens (including phenoxy) is 1. The Hall–Kier alpha value is -1.62. The lowest BCUT2D eigenvalue weighted by Gasteiger charge is -2.06. The van der Waals surface area contributed by atoms with E-state index in [1.165, 1.54) is 14.0 Å². The number of methoxy groups -OCH3 is 1. The van der Waals surface area contributed by atoms with Gasteiger partial charge in [-0.1, -0.05) is 28.1 Å². The van der Waals surface area contributed by atoms with E-state index >= 15 is 0 Å². The summed E-state index contributed by atoms with van der Waals surface area (Å²) in [6.07, 6.45) is 1.55. The molecular weight excluding hydrogens is 286 g/mol. The molecule has 17 heavy (non-hydrogen) atoms. The number of benzene rings is 1. The van der Waals surface area contributed by atoms with E-state index in [0.717, 1.165) is 10.0 Å². The topological polar surface area (TPSA) is 55.4 Å². The van der Waals surface area contributed by atoms with Crippen molar-refractivity contribution in [2.75, 3.05) is 7.11 Å². The van der Waals surface area contributed by atoms with E-state index in [2.05, 4.69) is 26.0 Å². The van der Waals surface area contributed by atoms with Crippen molar-refractivity contribution >= 4 is 33.9 Å². The molecule has 1 aromatic carbocycles. The summed E-state index contributed by atoms with van der Waals surface area (Å²) in [4.78, 5) is 22.4. The number of halogens is 1. The van der Waals surface area contributed by atoms with Crippen molar-refractivity contribution in [1.29, 1.82) is 0 Å². The molecule has 0 fully saturated rings. The van der Waals surface area contributed by atoms with Crippen LogP contribution >= 0.6 is 15.9 Å². The zero-order chi connectivity index (χ0) is 12.8. The third-order valence-electron chi connectivity index (χ3n) is 1.88. The molecule has 0 aliphatic rings. The summed E-state index contributed by atoms with van der Waals surface area (Å²) in [5.41, 5.74) is 0.895. The average Bonchev–Trinajstić information content (AvgIpc) is 2.26.